The number of aliphatic hydroxyl groups excluding tert-OH is 1. The van der Waals surface area contributed by atoms with Gasteiger partial charge in [-0.1, -0.05) is 62.4 Å². The molecular weight excluding hydrogens is 666 g/mol. The number of carbonyl (C=O) groups is 2. The zero-order valence-electron chi connectivity index (χ0n) is 30.5. The van der Waals surface area contributed by atoms with E-state index in [1.54, 1.807) is 18.1 Å². The monoisotopic (exact) mass is 718 g/mol. The molecule has 2 saturated heterocycles. The molecule has 3 aromatic carbocycles. The summed E-state index contributed by atoms with van der Waals surface area (Å²) in [5.74, 6) is -1.39. The van der Waals surface area contributed by atoms with Gasteiger partial charge in [0.25, 0.3) is 0 Å². The highest BCUT2D eigenvalue weighted by atomic mass is 19.1. The minimum atomic E-state index is -1.26. The van der Waals surface area contributed by atoms with Crippen molar-refractivity contribution in [2.24, 2.45) is 11.8 Å². The Morgan fingerprint density at radius 3 is 2.38 bits per heavy atom. The first-order valence-corrected chi connectivity index (χ1v) is 18.3. The first kappa shape index (κ1) is 39.1. The Labute approximate surface area is 306 Å². The van der Waals surface area contributed by atoms with Gasteiger partial charge < -0.3 is 24.2 Å². The average Bonchev–Trinajstić information content (AvgIpc) is 3.69. The molecule has 8 nitrogen and oxygen atoms in total. The molecule has 52 heavy (non-hydrogen) atoms. The number of methoxy groups -OCH3 is 1. The van der Waals surface area contributed by atoms with Crippen LogP contribution in [0, 0.1) is 23.5 Å². The second-order valence-corrected chi connectivity index (χ2v) is 14.5. The van der Waals surface area contributed by atoms with Crippen molar-refractivity contribution in [3.05, 3.63) is 114 Å². The molecule has 2 aliphatic heterocycles. The fourth-order valence-electron chi connectivity index (χ4n) is 7.60. The van der Waals surface area contributed by atoms with Crippen LogP contribution >= 0.6 is 0 Å². The zero-order valence-corrected chi connectivity index (χ0v) is 30.5. The van der Waals surface area contributed by atoms with Crippen molar-refractivity contribution in [1.29, 1.82) is 0 Å². The van der Waals surface area contributed by atoms with Gasteiger partial charge in [-0.15, -0.1) is 6.58 Å². The maximum absolute atomic E-state index is 14.4. The molecule has 2 heterocycles. The smallest absolute Gasteiger partial charge is 0.329 e. The van der Waals surface area contributed by atoms with E-state index in [9.17, 15) is 23.5 Å². The van der Waals surface area contributed by atoms with Gasteiger partial charge in [0, 0.05) is 44.1 Å². The number of halogens is 2. The molecule has 5 rings (SSSR count). The van der Waals surface area contributed by atoms with Crippen molar-refractivity contribution in [1.82, 2.24) is 9.80 Å². The van der Waals surface area contributed by atoms with E-state index < -0.39 is 41.9 Å². The SMILES string of the molecule is C=CCO[C@@H]1C[C@H]([C@H](O)[C@H](Cc2cc(F)cc(F)c2)OC(=O)C(CCc2ccccc2)N2CC[C@H](CC(C)C)C2=O)N(Cc2ccc(OC)cc2)C1. The van der Waals surface area contributed by atoms with E-state index in [0.717, 1.165) is 29.4 Å². The Morgan fingerprint density at radius 2 is 1.73 bits per heavy atom. The van der Waals surface area contributed by atoms with Gasteiger partial charge in [-0.3, -0.25) is 9.69 Å². The summed E-state index contributed by atoms with van der Waals surface area (Å²) in [6, 6.07) is 19.1. The van der Waals surface area contributed by atoms with Crippen LogP contribution in [-0.2, 0) is 38.4 Å². The van der Waals surface area contributed by atoms with Crippen molar-refractivity contribution in [3.63, 3.8) is 0 Å². The number of hydrogen-bond donors (Lipinski definition) is 1. The molecule has 2 aliphatic rings. The number of rotatable bonds is 18. The highest BCUT2D eigenvalue weighted by molar-refractivity contribution is 5.87. The summed E-state index contributed by atoms with van der Waals surface area (Å²) in [6.45, 7) is 9.63. The largest absolute Gasteiger partial charge is 0.497 e. The molecule has 1 N–H and O–H groups in total. The van der Waals surface area contributed by atoms with E-state index in [4.69, 9.17) is 14.2 Å². The van der Waals surface area contributed by atoms with Gasteiger partial charge in [0.05, 0.1) is 19.8 Å². The van der Waals surface area contributed by atoms with Gasteiger partial charge in [0.15, 0.2) is 0 Å². The highest BCUT2D eigenvalue weighted by Crippen LogP contribution is 2.31. The molecule has 10 heteroatoms. The average molecular weight is 719 g/mol. The van der Waals surface area contributed by atoms with Gasteiger partial charge in [-0.2, -0.15) is 0 Å². The number of aliphatic hydroxyl groups is 1. The summed E-state index contributed by atoms with van der Waals surface area (Å²) >= 11 is 0. The van der Waals surface area contributed by atoms with Gasteiger partial charge in [0.2, 0.25) is 5.91 Å². The Kier molecular flexibility index (Phi) is 14.0. The third-order valence-corrected chi connectivity index (χ3v) is 10.1. The normalized spacial score (nSPS) is 20.9. The molecule has 3 aromatic rings. The first-order chi connectivity index (χ1) is 25.0. The number of amides is 1. The van der Waals surface area contributed by atoms with Crippen LogP contribution in [0.25, 0.3) is 0 Å². The number of carbonyl (C=O) groups excluding carboxylic acids is 2. The predicted octanol–water partition coefficient (Wildman–Crippen LogP) is 6.53. The zero-order chi connectivity index (χ0) is 37.2. The number of nitrogens with zero attached hydrogens (tertiary/aromatic N) is 2. The molecule has 1 unspecified atom stereocenters. The number of aryl methyl sites for hydroxylation is 1. The maximum atomic E-state index is 14.4. The number of hydrogen-bond acceptors (Lipinski definition) is 7. The van der Waals surface area contributed by atoms with E-state index >= 15 is 0 Å². The molecular formula is C42H52F2N2O6. The number of likely N-dealkylation sites (tertiary alicyclic amines) is 2. The van der Waals surface area contributed by atoms with E-state index in [1.807, 2.05) is 54.6 Å². The van der Waals surface area contributed by atoms with Crippen LogP contribution in [0.4, 0.5) is 8.78 Å². The molecule has 0 bridgehead atoms. The number of ether oxygens (including phenoxy) is 3. The van der Waals surface area contributed by atoms with Crippen LogP contribution < -0.4 is 4.74 Å². The van der Waals surface area contributed by atoms with Gasteiger partial charge in [0.1, 0.15) is 35.6 Å². The lowest BCUT2D eigenvalue weighted by Gasteiger charge is -2.35. The highest BCUT2D eigenvalue weighted by Gasteiger charge is 2.44. The van der Waals surface area contributed by atoms with Crippen molar-refractivity contribution >= 4 is 11.9 Å². The second kappa shape index (κ2) is 18.6. The van der Waals surface area contributed by atoms with Crippen LogP contribution in [0.15, 0.2) is 85.5 Å². The first-order valence-electron chi connectivity index (χ1n) is 18.3. The van der Waals surface area contributed by atoms with E-state index in [-0.39, 0.29) is 29.9 Å². The van der Waals surface area contributed by atoms with Gasteiger partial charge in [-0.25, -0.2) is 13.6 Å². The third-order valence-electron chi connectivity index (χ3n) is 10.1. The summed E-state index contributed by atoms with van der Waals surface area (Å²) in [6.07, 6.45) is 1.50. The standard InChI is InChI=1S/C42H52F2N2O6/c1-5-19-51-36-25-38(45(27-36)26-30-11-14-35(50-4)15-12-30)40(47)39(23-31-21-33(43)24-34(44)22-31)52-42(49)37(16-13-29-9-7-6-8-10-29)46-18-17-32(41(46)48)20-28(2)3/h5-12,14-15,21-22,24,28,32,36-40,47H,1,13,16-20,23,25-27H2,2-4H3/t32-,36-,37?,38-,39+,40+/m1/s1. The molecule has 1 amide bonds. The number of esters is 1. The predicted molar refractivity (Wildman–Crippen MR) is 196 cm³/mol. The molecule has 0 radical (unpaired) electrons. The Morgan fingerprint density at radius 1 is 1.02 bits per heavy atom. The number of benzene rings is 3. The fraction of sp³-hybridized carbons (Fsp3) is 0.476. The van der Waals surface area contributed by atoms with Gasteiger partial charge >= 0.3 is 5.97 Å². The van der Waals surface area contributed by atoms with Crippen LogP contribution in [0.3, 0.4) is 0 Å². The van der Waals surface area contributed by atoms with Crippen molar-refractivity contribution in [2.75, 3.05) is 26.8 Å². The molecule has 0 spiro atoms. The summed E-state index contributed by atoms with van der Waals surface area (Å²) in [5, 5.41) is 12.2. The van der Waals surface area contributed by atoms with E-state index in [2.05, 4.69) is 25.3 Å². The van der Waals surface area contributed by atoms with Crippen molar-refractivity contribution < 1.29 is 37.7 Å². The minimum absolute atomic E-state index is 0.0725. The topological polar surface area (TPSA) is 88.5 Å². The lowest BCUT2D eigenvalue weighted by molar-refractivity contribution is -0.166. The molecule has 280 valence electrons. The molecule has 0 aliphatic carbocycles. The Bertz CT molecular complexity index is 1600. The molecule has 6 atom stereocenters. The lowest BCUT2D eigenvalue weighted by atomic mass is 9.95. The van der Waals surface area contributed by atoms with Crippen LogP contribution in [0.2, 0.25) is 0 Å². The maximum Gasteiger partial charge on any atom is 0.329 e. The fourth-order valence-corrected chi connectivity index (χ4v) is 7.60. The van der Waals surface area contributed by atoms with Gasteiger partial charge in [-0.05, 0) is 79.0 Å². The molecule has 0 saturated carbocycles. The molecule has 0 aromatic heterocycles. The van der Waals surface area contributed by atoms with Crippen LogP contribution in [0.1, 0.15) is 56.2 Å². The van der Waals surface area contributed by atoms with Crippen molar-refractivity contribution in [2.45, 2.75) is 89.3 Å². The summed E-state index contributed by atoms with van der Waals surface area (Å²) in [4.78, 5) is 31.8. The summed E-state index contributed by atoms with van der Waals surface area (Å²) in [7, 11) is 1.60. The van der Waals surface area contributed by atoms with Crippen LogP contribution in [-0.4, -0.2) is 84.0 Å². The van der Waals surface area contributed by atoms with Crippen molar-refractivity contribution in [3.8, 4) is 5.75 Å². The Hall–Kier alpha value is -4.12. The van der Waals surface area contributed by atoms with E-state index in [0.29, 0.717) is 57.8 Å². The minimum Gasteiger partial charge on any atom is -0.497 e. The van der Waals surface area contributed by atoms with Crippen LogP contribution in [0.5, 0.6) is 5.75 Å². The molecule has 2 fully saturated rings. The summed E-state index contributed by atoms with van der Waals surface area (Å²) in [5.41, 5.74) is 2.24. The van der Waals surface area contributed by atoms with E-state index in [1.165, 1.54) is 12.1 Å². The third kappa shape index (κ3) is 10.5. The second-order valence-electron chi connectivity index (χ2n) is 14.5. The quantitative estimate of drug-likeness (QED) is 0.118. The lowest BCUT2D eigenvalue weighted by Crippen LogP contribution is -2.50. The summed E-state index contributed by atoms with van der Waals surface area (Å²) < 4.78 is 46.5. The Balaban J connectivity index is 1.44.